The topological polar surface area (TPSA) is 17.1 Å². The summed E-state index contributed by atoms with van der Waals surface area (Å²) in [5.41, 5.74) is 0.696. The molecule has 0 aliphatic heterocycles. The molecule has 0 amide bonds. The van der Waals surface area contributed by atoms with Gasteiger partial charge < -0.3 is 0 Å². The zero-order chi connectivity index (χ0) is 8.43. The Morgan fingerprint density at radius 2 is 2.18 bits per heavy atom. The summed E-state index contributed by atoms with van der Waals surface area (Å²) in [5.74, 6) is -0.565. The Bertz CT molecular complexity index is 296. The summed E-state index contributed by atoms with van der Waals surface area (Å²) in [6.45, 7) is 1.74. The molecule has 0 unspecified atom stereocenters. The largest absolute Gasteiger partial charge is 0.275 e. The van der Waals surface area contributed by atoms with Crippen molar-refractivity contribution >= 4 is 16.8 Å². The zero-order valence-corrected chi connectivity index (χ0v) is 6.65. The predicted molar refractivity (Wildman–Crippen MR) is 41.3 cm³/mol. The first-order valence-corrected chi connectivity index (χ1v) is 3.45. The standard InChI is InChI=1S/C8H6ClFO/c1-5-2-3-6(8(9)11)7(10)4-5/h2-4H,1H3. The second-order valence-electron chi connectivity index (χ2n) is 2.26. The average Bonchev–Trinajstić information content (AvgIpc) is 1.85. The SMILES string of the molecule is Cc1ccc(C(=O)Cl)c(F)c1. The number of carbonyl (C=O) groups is 1. The molecule has 11 heavy (non-hydrogen) atoms. The van der Waals surface area contributed by atoms with Gasteiger partial charge in [0.25, 0.3) is 5.24 Å². The third-order valence-corrected chi connectivity index (χ3v) is 1.54. The van der Waals surface area contributed by atoms with Crippen LogP contribution >= 0.6 is 11.6 Å². The first kappa shape index (κ1) is 8.21. The molecule has 0 aliphatic rings. The van der Waals surface area contributed by atoms with E-state index < -0.39 is 11.1 Å². The molecular formula is C8H6ClFO. The lowest BCUT2D eigenvalue weighted by atomic mass is 10.1. The molecular weight excluding hydrogens is 167 g/mol. The Labute approximate surface area is 68.8 Å². The van der Waals surface area contributed by atoms with Crippen molar-refractivity contribution in [2.45, 2.75) is 6.92 Å². The normalized spacial score (nSPS) is 9.73. The highest BCUT2D eigenvalue weighted by atomic mass is 35.5. The number of hydrogen-bond donors (Lipinski definition) is 0. The van der Waals surface area contributed by atoms with E-state index in [1.165, 1.54) is 12.1 Å². The van der Waals surface area contributed by atoms with Crippen LogP contribution in [0.2, 0.25) is 0 Å². The minimum absolute atomic E-state index is 0.0720. The maximum atomic E-state index is 12.8. The molecule has 1 aromatic carbocycles. The van der Waals surface area contributed by atoms with Gasteiger partial charge in [0, 0.05) is 0 Å². The van der Waals surface area contributed by atoms with Crippen molar-refractivity contribution in [2.75, 3.05) is 0 Å². The second-order valence-corrected chi connectivity index (χ2v) is 2.60. The van der Waals surface area contributed by atoms with Crippen LogP contribution < -0.4 is 0 Å². The first-order chi connectivity index (χ1) is 5.11. The van der Waals surface area contributed by atoms with Crippen LogP contribution in [-0.2, 0) is 0 Å². The van der Waals surface area contributed by atoms with Gasteiger partial charge in [0.15, 0.2) is 0 Å². The number of halogens is 2. The number of rotatable bonds is 1. The fraction of sp³-hybridized carbons (Fsp3) is 0.125. The molecule has 0 saturated carbocycles. The molecule has 0 N–H and O–H groups in total. The molecule has 1 aromatic rings. The fourth-order valence-electron chi connectivity index (χ4n) is 0.780. The molecule has 0 saturated heterocycles. The average molecular weight is 173 g/mol. The quantitative estimate of drug-likeness (QED) is 0.595. The van der Waals surface area contributed by atoms with E-state index in [1.54, 1.807) is 13.0 Å². The molecule has 0 radical (unpaired) electrons. The zero-order valence-electron chi connectivity index (χ0n) is 5.90. The van der Waals surface area contributed by atoms with Gasteiger partial charge in [0.05, 0.1) is 5.56 Å². The van der Waals surface area contributed by atoms with Crippen molar-refractivity contribution in [2.24, 2.45) is 0 Å². The smallest absolute Gasteiger partial charge is 0.255 e. The van der Waals surface area contributed by atoms with Crippen LogP contribution in [0.15, 0.2) is 18.2 Å². The van der Waals surface area contributed by atoms with Gasteiger partial charge in [0.2, 0.25) is 0 Å². The number of carbonyl (C=O) groups excluding carboxylic acids is 1. The van der Waals surface area contributed by atoms with Crippen LogP contribution in [0.4, 0.5) is 4.39 Å². The van der Waals surface area contributed by atoms with Crippen molar-refractivity contribution in [1.29, 1.82) is 0 Å². The van der Waals surface area contributed by atoms with Gasteiger partial charge in [0.1, 0.15) is 5.82 Å². The highest BCUT2D eigenvalue weighted by Gasteiger charge is 2.07. The molecule has 0 spiro atoms. The Hall–Kier alpha value is -0.890. The highest BCUT2D eigenvalue weighted by molar-refractivity contribution is 6.67. The minimum atomic E-state index is -0.762. The molecule has 0 aliphatic carbocycles. The fourth-order valence-corrected chi connectivity index (χ4v) is 0.933. The summed E-state index contributed by atoms with van der Waals surface area (Å²) in [4.78, 5) is 10.5. The lowest BCUT2D eigenvalue weighted by Gasteiger charge is -1.96. The van der Waals surface area contributed by atoms with Crippen molar-refractivity contribution in [3.05, 3.63) is 35.1 Å². The molecule has 0 fully saturated rings. The summed E-state index contributed by atoms with van der Waals surface area (Å²) in [6, 6.07) is 4.29. The summed E-state index contributed by atoms with van der Waals surface area (Å²) < 4.78 is 12.8. The van der Waals surface area contributed by atoms with Gasteiger partial charge in [-0.05, 0) is 36.2 Å². The van der Waals surface area contributed by atoms with Gasteiger partial charge in [-0.25, -0.2) is 4.39 Å². The Morgan fingerprint density at radius 3 is 2.64 bits per heavy atom. The van der Waals surface area contributed by atoms with E-state index in [0.717, 1.165) is 5.56 Å². The Morgan fingerprint density at radius 1 is 1.55 bits per heavy atom. The molecule has 1 rings (SSSR count). The molecule has 1 nitrogen and oxygen atoms in total. The molecule has 58 valence electrons. The summed E-state index contributed by atoms with van der Waals surface area (Å²) in [5, 5.41) is -0.762. The van der Waals surface area contributed by atoms with Gasteiger partial charge in [-0.3, -0.25) is 4.79 Å². The van der Waals surface area contributed by atoms with Crippen LogP contribution in [0.5, 0.6) is 0 Å². The number of benzene rings is 1. The summed E-state index contributed by atoms with van der Waals surface area (Å²) in [7, 11) is 0. The summed E-state index contributed by atoms with van der Waals surface area (Å²) in [6.07, 6.45) is 0. The Kier molecular flexibility index (Phi) is 2.25. The van der Waals surface area contributed by atoms with Crippen molar-refractivity contribution < 1.29 is 9.18 Å². The van der Waals surface area contributed by atoms with Crippen molar-refractivity contribution in [3.8, 4) is 0 Å². The van der Waals surface area contributed by atoms with Gasteiger partial charge in [-0.15, -0.1) is 0 Å². The molecule has 0 aromatic heterocycles. The monoisotopic (exact) mass is 172 g/mol. The van der Waals surface area contributed by atoms with E-state index in [9.17, 15) is 9.18 Å². The van der Waals surface area contributed by atoms with Gasteiger partial charge in [-0.2, -0.15) is 0 Å². The summed E-state index contributed by atoms with van der Waals surface area (Å²) >= 11 is 5.08. The molecule has 3 heteroatoms. The maximum Gasteiger partial charge on any atom is 0.255 e. The lowest BCUT2D eigenvalue weighted by molar-refractivity contribution is 0.107. The van der Waals surface area contributed by atoms with Crippen molar-refractivity contribution in [3.63, 3.8) is 0 Å². The number of aryl methyl sites for hydroxylation is 1. The van der Waals surface area contributed by atoms with Crippen LogP contribution in [0.25, 0.3) is 0 Å². The van der Waals surface area contributed by atoms with Gasteiger partial charge >= 0.3 is 0 Å². The molecule has 0 heterocycles. The predicted octanol–water partition coefficient (Wildman–Crippen LogP) is 2.51. The third kappa shape index (κ3) is 1.77. The lowest BCUT2D eigenvalue weighted by Crippen LogP contribution is -1.93. The minimum Gasteiger partial charge on any atom is -0.275 e. The Balaban J connectivity index is 3.20. The van der Waals surface area contributed by atoms with E-state index in [1.807, 2.05) is 0 Å². The van der Waals surface area contributed by atoms with E-state index in [-0.39, 0.29) is 5.56 Å². The first-order valence-electron chi connectivity index (χ1n) is 3.07. The van der Waals surface area contributed by atoms with E-state index in [2.05, 4.69) is 0 Å². The van der Waals surface area contributed by atoms with E-state index in [0.29, 0.717) is 0 Å². The van der Waals surface area contributed by atoms with Crippen LogP contribution in [0, 0.1) is 12.7 Å². The van der Waals surface area contributed by atoms with Crippen LogP contribution in [0.1, 0.15) is 15.9 Å². The van der Waals surface area contributed by atoms with Crippen LogP contribution in [-0.4, -0.2) is 5.24 Å². The second kappa shape index (κ2) is 3.01. The van der Waals surface area contributed by atoms with E-state index >= 15 is 0 Å². The van der Waals surface area contributed by atoms with E-state index in [4.69, 9.17) is 11.6 Å². The molecule has 0 bridgehead atoms. The highest BCUT2D eigenvalue weighted by Crippen LogP contribution is 2.11. The number of hydrogen-bond acceptors (Lipinski definition) is 1. The third-order valence-electron chi connectivity index (χ3n) is 1.34. The van der Waals surface area contributed by atoms with Crippen molar-refractivity contribution in [1.82, 2.24) is 0 Å². The molecule has 0 atom stereocenters. The van der Waals surface area contributed by atoms with Gasteiger partial charge in [-0.1, -0.05) is 6.07 Å². The van der Waals surface area contributed by atoms with Crippen LogP contribution in [0.3, 0.4) is 0 Å². The maximum absolute atomic E-state index is 12.8.